The van der Waals surface area contributed by atoms with Gasteiger partial charge in [0.2, 0.25) is 0 Å². The highest BCUT2D eigenvalue weighted by Crippen LogP contribution is 2.17. The van der Waals surface area contributed by atoms with Crippen molar-refractivity contribution in [2.75, 3.05) is 6.61 Å². The van der Waals surface area contributed by atoms with E-state index < -0.39 is 11.7 Å². The van der Waals surface area contributed by atoms with Gasteiger partial charge in [0.25, 0.3) is 0 Å². The largest absolute Gasteiger partial charge is 0.518 e. The Kier molecular flexibility index (Phi) is 4.10. The van der Waals surface area contributed by atoms with E-state index in [0.717, 1.165) is 0 Å². The van der Waals surface area contributed by atoms with Crippen molar-refractivity contribution in [3.05, 3.63) is 53.0 Å². The molecule has 0 aliphatic rings. The predicted octanol–water partition coefficient (Wildman–Crippen LogP) is 2.40. The second kappa shape index (κ2) is 5.56. The van der Waals surface area contributed by atoms with Gasteiger partial charge in [0.05, 0.1) is 13.2 Å². The molecule has 0 saturated carbocycles. The van der Waals surface area contributed by atoms with Crippen LogP contribution in [0.25, 0.3) is 10.6 Å². The highest BCUT2D eigenvalue weighted by molar-refractivity contribution is 5.97. The van der Waals surface area contributed by atoms with Crippen LogP contribution < -0.4 is 0 Å². The number of hydrogen-bond donors (Lipinski definition) is 1. The van der Waals surface area contributed by atoms with Crippen LogP contribution >= 0.6 is 0 Å². The van der Waals surface area contributed by atoms with Gasteiger partial charge in [-0.15, -0.1) is 0 Å². The predicted molar refractivity (Wildman–Crippen MR) is 59.2 cm³/mol. The fourth-order valence-corrected chi connectivity index (χ4v) is 1.13. The van der Waals surface area contributed by atoms with Crippen LogP contribution in [0.3, 0.4) is 0 Å². The maximum atomic E-state index is 11.3. The molecule has 0 spiro atoms. The molecule has 0 aliphatic heterocycles. The van der Waals surface area contributed by atoms with Crippen LogP contribution in [0, 0.1) is 6.57 Å². The maximum Gasteiger partial charge on any atom is 0.340 e. The Labute approximate surface area is 93.6 Å². The van der Waals surface area contributed by atoms with E-state index in [2.05, 4.69) is 9.58 Å². The lowest BCUT2D eigenvalue weighted by Gasteiger charge is -2.04. The molecule has 0 atom stereocenters. The molecule has 0 aromatic heterocycles. The van der Waals surface area contributed by atoms with Crippen molar-refractivity contribution in [1.29, 1.82) is 0 Å². The van der Waals surface area contributed by atoms with Gasteiger partial charge in [-0.3, -0.25) is 4.79 Å². The molecular weight excluding hydrogens is 206 g/mol. The molecule has 82 valence electrons. The van der Waals surface area contributed by atoms with E-state index in [4.69, 9.17) is 6.57 Å². The second-order valence-electron chi connectivity index (χ2n) is 2.90. The summed E-state index contributed by atoms with van der Waals surface area (Å²) in [5.74, 6) is -1.16. The molecule has 0 saturated heterocycles. The highest BCUT2D eigenvalue weighted by Gasteiger charge is 2.17. The van der Waals surface area contributed by atoms with Crippen LogP contribution in [-0.2, 0) is 9.53 Å². The third kappa shape index (κ3) is 2.61. The van der Waals surface area contributed by atoms with Crippen molar-refractivity contribution in [1.82, 2.24) is 0 Å². The summed E-state index contributed by atoms with van der Waals surface area (Å²) >= 11 is 0. The number of ether oxygens (including phenoxy) is 1. The molecule has 1 aromatic rings. The quantitative estimate of drug-likeness (QED) is 0.366. The Balaban J connectivity index is 3.11. The Morgan fingerprint density at radius 2 is 2.06 bits per heavy atom. The van der Waals surface area contributed by atoms with E-state index in [9.17, 15) is 9.90 Å². The van der Waals surface area contributed by atoms with E-state index >= 15 is 0 Å². The molecular formula is C12H11NO3. The molecule has 16 heavy (non-hydrogen) atoms. The summed E-state index contributed by atoms with van der Waals surface area (Å²) in [5, 5.41) is 9.74. The minimum absolute atomic E-state index is 0.167. The lowest BCUT2D eigenvalue weighted by atomic mass is 10.1. The van der Waals surface area contributed by atoms with Crippen LogP contribution in [0.4, 0.5) is 0 Å². The lowest BCUT2D eigenvalue weighted by Crippen LogP contribution is -2.07. The third-order valence-corrected chi connectivity index (χ3v) is 1.85. The van der Waals surface area contributed by atoms with Crippen LogP contribution in [0.15, 0.2) is 36.0 Å². The first-order valence-corrected chi connectivity index (χ1v) is 4.74. The third-order valence-electron chi connectivity index (χ3n) is 1.85. The fourth-order valence-electron chi connectivity index (χ4n) is 1.13. The standard InChI is InChI=1S/C12H11NO3/c1-3-16-12(15)10(13-2)11(14)9-7-5-4-6-8-9/h4-8,14H,3H2,1H3/b11-10+. The van der Waals surface area contributed by atoms with Crippen molar-refractivity contribution in [3.63, 3.8) is 0 Å². The maximum absolute atomic E-state index is 11.3. The number of benzene rings is 1. The fraction of sp³-hybridized carbons (Fsp3) is 0.167. The Morgan fingerprint density at radius 3 is 2.56 bits per heavy atom. The summed E-state index contributed by atoms with van der Waals surface area (Å²) in [5.41, 5.74) is 0.0228. The van der Waals surface area contributed by atoms with Gasteiger partial charge in [-0.2, -0.15) is 0 Å². The van der Waals surface area contributed by atoms with E-state index in [0.29, 0.717) is 5.56 Å². The molecule has 0 bridgehead atoms. The van der Waals surface area contributed by atoms with Gasteiger partial charge in [-0.25, -0.2) is 4.85 Å². The van der Waals surface area contributed by atoms with Gasteiger partial charge in [-0.05, 0) is 6.92 Å². The van der Waals surface area contributed by atoms with Crippen LogP contribution in [0.5, 0.6) is 0 Å². The molecule has 0 unspecified atom stereocenters. The van der Waals surface area contributed by atoms with Crippen molar-refractivity contribution in [3.8, 4) is 0 Å². The van der Waals surface area contributed by atoms with Gasteiger partial charge in [0.15, 0.2) is 0 Å². The monoisotopic (exact) mass is 217 g/mol. The van der Waals surface area contributed by atoms with Crippen LogP contribution in [-0.4, -0.2) is 17.7 Å². The number of nitrogens with zero attached hydrogens (tertiary/aromatic N) is 1. The van der Waals surface area contributed by atoms with E-state index in [-0.39, 0.29) is 12.4 Å². The van der Waals surface area contributed by atoms with E-state index in [1.54, 1.807) is 37.3 Å². The van der Waals surface area contributed by atoms with E-state index in [1.165, 1.54) is 0 Å². The minimum Gasteiger partial charge on any atom is -0.518 e. The average Bonchev–Trinajstić information content (AvgIpc) is 2.31. The summed E-state index contributed by atoms with van der Waals surface area (Å²) in [6.45, 7) is 8.66. The average molecular weight is 217 g/mol. The van der Waals surface area contributed by atoms with E-state index in [1.807, 2.05) is 0 Å². The molecule has 1 rings (SSSR count). The summed E-state index contributed by atoms with van der Waals surface area (Å²) in [6.07, 6.45) is 0. The second-order valence-corrected chi connectivity index (χ2v) is 2.90. The molecule has 0 fully saturated rings. The zero-order valence-electron chi connectivity index (χ0n) is 8.80. The zero-order valence-corrected chi connectivity index (χ0v) is 8.80. The zero-order chi connectivity index (χ0) is 12.0. The molecule has 1 aromatic carbocycles. The smallest absolute Gasteiger partial charge is 0.340 e. The van der Waals surface area contributed by atoms with Gasteiger partial charge in [0, 0.05) is 5.56 Å². The molecule has 4 heteroatoms. The van der Waals surface area contributed by atoms with Gasteiger partial charge < -0.3 is 9.84 Å². The minimum atomic E-state index is -0.807. The first-order chi connectivity index (χ1) is 7.70. The highest BCUT2D eigenvalue weighted by atomic mass is 16.5. The summed E-state index contributed by atoms with van der Waals surface area (Å²) in [6, 6.07) is 8.41. The summed E-state index contributed by atoms with van der Waals surface area (Å²) in [4.78, 5) is 14.3. The summed E-state index contributed by atoms with van der Waals surface area (Å²) < 4.78 is 4.67. The van der Waals surface area contributed by atoms with Gasteiger partial charge in [0.1, 0.15) is 5.76 Å². The number of rotatable bonds is 3. The molecule has 0 radical (unpaired) electrons. The number of aliphatic hydroxyl groups is 1. The van der Waals surface area contributed by atoms with Crippen molar-refractivity contribution >= 4 is 11.7 Å². The number of carbonyl (C=O) groups is 1. The Bertz CT molecular complexity index is 443. The van der Waals surface area contributed by atoms with Crippen molar-refractivity contribution in [2.45, 2.75) is 6.92 Å². The Hall–Kier alpha value is -2.28. The lowest BCUT2D eigenvalue weighted by molar-refractivity contribution is -0.138. The summed E-state index contributed by atoms with van der Waals surface area (Å²) in [7, 11) is 0. The first-order valence-electron chi connectivity index (χ1n) is 4.74. The number of esters is 1. The van der Waals surface area contributed by atoms with Crippen molar-refractivity contribution in [2.24, 2.45) is 0 Å². The molecule has 1 N–H and O–H groups in total. The molecule has 0 aliphatic carbocycles. The normalized spacial score (nSPS) is 11.2. The van der Waals surface area contributed by atoms with Crippen LogP contribution in [0.1, 0.15) is 12.5 Å². The molecule has 0 heterocycles. The van der Waals surface area contributed by atoms with Crippen molar-refractivity contribution < 1.29 is 14.6 Å². The first kappa shape index (κ1) is 11.8. The van der Waals surface area contributed by atoms with Gasteiger partial charge in [-0.1, -0.05) is 30.3 Å². The number of carbonyl (C=O) groups excluding carboxylic acids is 1. The van der Waals surface area contributed by atoms with Gasteiger partial charge >= 0.3 is 11.7 Å². The molecule has 4 nitrogen and oxygen atoms in total. The number of hydrogen-bond acceptors (Lipinski definition) is 3. The SMILES string of the molecule is [C-]#[N+]/C(C(=O)OCC)=C(/O)c1ccccc1. The Morgan fingerprint density at radius 1 is 1.44 bits per heavy atom. The number of aliphatic hydroxyl groups excluding tert-OH is 1. The van der Waals surface area contributed by atoms with Crippen LogP contribution in [0.2, 0.25) is 0 Å². The molecule has 0 amide bonds. The topological polar surface area (TPSA) is 50.9 Å².